The number of ether oxygens (including phenoxy) is 2. The molecule has 1 N–H and O–H groups in total. The van der Waals surface area contributed by atoms with Crippen molar-refractivity contribution in [3.05, 3.63) is 29.8 Å². The summed E-state index contributed by atoms with van der Waals surface area (Å²) in [6.45, 7) is 4.99. The number of carbonyl (C=O) groups excluding carboxylic acids is 1. The summed E-state index contributed by atoms with van der Waals surface area (Å²) in [7, 11) is 0. The Morgan fingerprint density at radius 3 is 2.50 bits per heavy atom. The summed E-state index contributed by atoms with van der Waals surface area (Å²) in [5.41, 5.74) is 1.37. The topological polar surface area (TPSA) is 71.4 Å². The van der Waals surface area contributed by atoms with E-state index in [0.29, 0.717) is 24.5 Å². The van der Waals surface area contributed by atoms with Gasteiger partial charge >= 0.3 is 0 Å². The molecule has 0 saturated carbocycles. The van der Waals surface area contributed by atoms with E-state index in [4.69, 9.17) is 14.7 Å². The minimum Gasteiger partial charge on any atom is -0.410 e. The first-order chi connectivity index (χ1) is 9.72. The van der Waals surface area contributed by atoms with Gasteiger partial charge in [-0.05, 0) is 19.9 Å². The van der Waals surface area contributed by atoms with E-state index in [1.807, 2.05) is 19.9 Å². The SMILES string of the molecule is CCOC(CN1C(=O)C(=NO)c2ccccc21)OCC. The lowest BCUT2D eigenvalue weighted by molar-refractivity contribution is -0.133. The van der Waals surface area contributed by atoms with Crippen molar-refractivity contribution in [3.8, 4) is 0 Å². The van der Waals surface area contributed by atoms with Gasteiger partial charge in [0, 0.05) is 18.8 Å². The van der Waals surface area contributed by atoms with E-state index < -0.39 is 6.29 Å². The van der Waals surface area contributed by atoms with Crippen molar-refractivity contribution in [2.24, 2.45) is 5.16 Å². The van der Waals surface area contributed by atoms with Crippen molar-refractivity contribution in [2.45, 2.75) is 20.1 Å². The number of hydrogen-bond donors (Lipinski definition) is 1. The molecule has 20 heavy (non-hydrogen) atoms. The van der Waals surface area contributed by atoms with Crippen LogP contribution >= 0.6 is 0 Å². The van der Waals surface area contributed by atoms with Crippen LogP contribution in [0.1, 0.15) is 19.4 Å². The van der Waals surface area contributed by atoms with Gasteiger partial charge in [0.2, 0.25) is 0 Å². The second-order valence-electron chi connectivity index (χ2n) is 4.22. The lowest BCUT2D eigenvalue weighted by atomic mass is 10.1. The number of anilines is 1. The molecule has 108 valence electrons. The van der Waals surface area contributed by atoms with E-state index in [2.05, 4.69) is 5.16 Å². The Bertz CT molecular complexity index is 510. The number of nitrogens with zero attached hydrogens (tertiary/aromatic N) is 2. The first kappa shape index (κ1) is 14.5. The highest BCUT2D eigenvalue weighted by Gasteiger charge is 2.35. The maximum atomic E-state index is 12.3. The van der Waals surface area contributed by atoms with Crippen molar-refractivity contribution in [1.29, 1.82) is 0 Å². The quantitative estimate of drug-likeness (QED) is 0.487. The third-order valence-electron chi connectivity index (χ3n) is 3.03. The standard InChI is InChI=1S/C14H18N2O4/c1-3-19-12(20-4-2)9-16-11-8-6-5-7-10(11)13(15-18)14(16)17/h5-8,12,18H,3-4,9H2,1-2H3. The number of oxime groups is 1. The fraction of sp³-hybridized carbons (Fsp3) is 0.429. The largest absolute Gasteiger partial charge is 0.410 e. The van der Waals surface area contributed by atoms with Crippen LogP contribution in [0.5, 0.6) is 0 Å². The Labute approximate surface area is 117 Å². The van der Waals surface area contributed by atoms with E-state index in [-0.39, 0.29) is 18.2 Å². The molecule has 1 aliphatic heterocycles. The van der Waals surface area contributed by atoms with Crippen LogP contribution in [0.4, 0.5) is 5.69 Å². The Kier molecular flexibility index (Phi) is 4.70. The van der Waals surface area contributed by atoms with Crippen molar-refractivity contribution in [3.63, 3.8) is 0 Å². The zero-order valence-electron chi connectivity index (χ0n) is 11.6. The second-order valence-corrected chi connectivity index (χ2v) is 4.22. The molecule has 0 fully saturated rings. The van der Waals surface area contributed by atoms with Crippen LogP contribution in [0, 0.1) is 0 Å². The molecular weight excluding hydrogens is 260 g/mol. The third-order valence-corrected chi connectivity index (χ3v) is 3.03. The molecule has 6 heteroatoms. The van der Waals surface area contributed by atoms with E-state index >= 15 is 0 Å². The molecule has 0 radical (unpaired) electrons. The van der Waals surface area contributed by atoms with Crippen molar-refractivity contribution in [1.82, 2.24) is 0 Å². The predicted molar refractivity (Wildman–Crippen MR) is 74.2 cm³/mol. The van der Waals surface area contributed by atoms with Crippen molar-refractivity contribution < 1.29 is 19.5 Å². The number of hydrogen-bond acceptors (Lipinski definition) is 5. The highest BCUT2D eigenvalue weighted by molar-refractivity contribution is 6.54. The van der Waals surface area contributed by atoms with Gasteiger partial charge in [0.15, 0.2) is 12.0 Å². The summed E-state index contributed by atoms with van der Waals surface area (Å²) < 4.78 is 10.9. The minimum absolute atomic E-state index is 0.0485. The highest BCUT2D eigenvalue weighted by Crippen LogP contribution is 2.29. The molecule has 1 aliphatic rings. The minimum atomic E-state index is -0.500. The van der Waals surface area contributed by atoms with Gasteiger partial charge < -0.3 is 19.6 Å². The van der Waals surface area contributed by atoms with Gasteiger partial charge in [0.1, 0.15) is 0 Å². The zero-order chi connectivity index (χ0) is 14.5. The van der Waals surface area contributed by atoms with Crippen LogP contribution in [0.2, 0.25) is 0 Å². The van der Waals surface area contributed by atoms with Crippen LogP contribution in [0.3, 0.4) is 0 Å². The number of rotatable bonds is 6. The van der Waals surface area contributed by atoms with Crippen LogP contribution in [-0.4, -0.2) is 42.9 Å². The number of fused-ring (bicyclic) bond motifs is 1. The monoisotopic (exact) mass is 278 g/mol. The third kappa shape index (κ3) is 2.66. The fourth-order valence-electron chi connectivity index (χ4n) is 2.21. The van der Waals surface area contributed by atoms with Crippen molar-refractivity contribution in [2.75, 3.05) is 24.7 Å². The maximum absolute atomic E-state index is 12.3. The summed E-state index contributed by atoms with van der Waals surface area (Å²) in [5, 5.41) is 12.1. The number of para-hydroxylation sites is 1. The van der Waals surface area contributed by atoms with Gasteiger partial charge in [-0.3, -0.25) is 4.79 Å². The first-order valence-electron chi connectivity index (χ1n) is 6.59. The molecular formula is C14H18N2O4. The van der Waals surface area contributed by atoms with Gasteiger partial charge in [-0.2, -0.15) is 0 Å². The van der Waals surface area contributed by atoms with Gasteiger partial charge in [-0.15, -0.1) is 0 Å². The molecule has 0 saturated heterocycles. The summed E-state index contributed by atoms with van der Waals surface area (Å²) in [5.74, 6) is -0.349. The Hall–Kier alpha value is -1.92. The summed E-state index contributed by atoms with van der Waals surface area (Å²) in [6.07, 6.45) is -0.500. The Morgan fingerprint density at radius 1 is 1.25 bits per heavy atom. The first-order valence-corrected chi connectivity index (χ1v) is 6.59. The van der Waals surface area contributed by atoms with Crippen LogP contribution in [0.15, 0.2) is 29.4 Å². The smallest absolute Gasteiger partial charge is 0.281 e. The van der Waals surface area contributed by atoms with Crippen molar-refractivity contribution >= 4 is 17.3 Å². The van der Waals surface area contributed by atoms with Gasteiger partial charge in [-0.25, -0.2) is 0 Å². The highest BCUT2D eigenvalue weighted by atomic mass is 16.7. The molecule has 1 amide bonds. The Morgan fingerprint density at radius 2 is 1.90 bits per heavy atom. The predicted octanol–water partition coefficient (Wildman–Crippen LogP) is 1.61. The lowest BCUT2D eigenvalue weighted by Crippen LogP contribution is -2.39. The lowest BCUT2D eigenvalue weighted by Gasteiger charge is -2.23. The molecule has 6 nitrogen and oxygen atoms in total. The number of carbonyl (C=O) groups is 1. The molecule has 0 aliphatic carbocycles. The summed E-state index contributed by atoms with van der Waals surface area (Å²) >= 11 is 0. The molecule has 0 atom stereocenters. The average molecular weight is 278 g/mol. The van der Waals surface area contributed by atoms with Crippen LogP contribution in [-0.2, 0) is 14.3 Å². The molecule has 1 aromatic rings. The number of amides is 1. The molecule has 0 spiro atoms. The summed E-state index contributed by atoms with van der Waals surface area (Å²) in [4.78, 5) is 13.8. The molecule has 0 aromatic heterocycles. The molecule has 0 unspecified atom stereocenters. The van der Waals surface area contributed by atoms with Crippen LogP contribution < -0.4 is 4.90 Å². The van der Waals surface area contributed by atoms with E-state index in [0.717, 1.165) is 0 Å². The second kappa shape index (κ2) is 6.49. The fourth-order valence-corrected chi connectivity index (χ4v) is 2.21. The van der Waals surface area contributed by atoms with E-state index in [9.17, 15) is 4.79 Å². The molecule has 1 aromatic carbocycles. The van der Waals surface area contributed by atoms with Gasteiger partial charge in [0.25, 0.3) is 5.91 Å². The van der Waals surface area contributed by atoms with E-state index in [1.54, 1.807) is 18.2 Å². The molecule has 2 rings (SSSR count). The number of benzene rings is 1. The van der Waals surface area contributed by atoms with Gasteiger partial charge in [0.05, 0.1) is 12.2 Å². The van der Waals surface area contributed by atoms with Gasteiger partial charge in [-0.1, -0.05) is 23.4 Å². The maximum Gasteiger partial charge on any atom is 0.281 e. The average Bonchev–Trinajstić information content (AvgIpc) is 2.72. The van der Waals surface area contributed by atoms with Crippen LogP contribution in [0.25, 0.3) is 0 Å². The molecule has 0 bridgehead atoms. The molecule has 1 heterocycles. The zero-order valence-corrected chi connectivity index (χ0v) is 11.6. The van der Waals surface area contributed by atoms with E-state index in [1.165, 1.54) is 4.90 Å². The normalized spacial score (nSPS) is 16.2. The Balaban J connectivity index is 2.26. The summed E-state index contributed by atoms with van der Waals surface area (Å²) in [6, 6.07) is 7.18.